The Morgan fingerprint density at radius 3 is 2.44 bits per heavy atom. The van der Waals surface area contributed by atoms with Crippen LogP contribution in [0.15, 0.2) is 16.8 Å². The van der Waals surface area contributed by atoms with Crippen molar-refractivity contribution in [3.8, 4) is 0 Å². The SMILES string of the molecule is CN=C/C(=C\N)C(=O)O. The zero-order chi connectivity index (χ0) is 7.28. The van der Waals surface area contributed by atoms with Crippen LogP contribution in [0.2, 0.25) is 0 Å². The van der Waals surface area contributed by atoms with Crippen LogP contribution in [0.1, 0.15) is 0 Å². The Labute approximate surface area is 52.7 Å². The van der Waals surface area contributed by atoms with E-state index in [1.54, 1.807) is 0 Å². The summed E-state index contributed by atoms with van der Waals surface area (Å²) in [5.74, 6) is -1.07. The Balaban J connectivity index is 4.19. The smallest absolute Gasteiger partial charge is 0.338 e. The molecule has 4 nitrogen and oxygen atoms in total. The minimum absolute atomic E-state index is 0.00231. The second-order valence-corrected chi connectivity index (χ2v) is 1.31. The summed E-state index contributed by atoms with van der Waals surface area (Å²) in [5, 5.41) is 8.26. The molecule has 50 valence electrons. The summed E-state index contributed by atoms with van der Waals surface area (Å²) in [5.41, 5.74) is 4.92. The molecule has 0 spiro atoms. The van der Waals surface area contributed by atoms with Crippen LogP contribution in [0.3, 0.4) is 0 Å². The predicted molar refractivity (Wildman–Crippen MR) is 34.3 cm³/mol. The molecule has 0 aliphatic carbocycles. The Morgan fingerprint density at radius 1 is 1.78 bits per heavy atom. The van der Waals surface area contributed by atoms with Crippen molar-refractivity contribution >= 4 is 12.2 Å². The molecule has 4 heteroatoms. The predicted octanol–water partition coefficient (Wildman–Crippen LogP) is -0.386. The molecule has 0 heterocycles. The number of rotatable bonds is 2. The second-order valence-electron chi connectivity index (χ2n) is 1.31. The number of carbonyl (C=O) groups is 1. The molecule has 0 bridgehead atoms. The fourth-order valence-electron chi connectivity index (χ4n) is 0.309. The number of carboxylic acid groups (broad SMARTS) is 1. The van der Waals surface area contributed by atoms with Crippen LogP contribution in [0, 0.1) is 0 Å². The fourth-order valence-corrected chi connectivity index (χ4v) is 0.309. The van der Waals surface area contributed by atoms with Crippen LogP contribution in [0.5, 0.6) is 0 Å². The fraction of sp³-hybridized carbons (Fsp3) is 0.200. The minimum Gasteiger partial charge on any atom is -0.478 e. The van der Waals surface area contributed by atoms with Crippen molar-refractivity contribution in [2.45, 2.75) is 0 Å². The number of nitrogens with two attached hydrogens (primary N) is 1. The minimum atomic E-state index is -1.07. The number of hydrogen-bond acceptors (Lipinski definition) is 3. The maximum atomic E-state index is 10.1. The van der Waals surface area contributed by atoms with Gasteiger partial charge in [-0.15, -0.1) is 0 Å². The highest BCUT2D eigenvalue weighted by molar-refractivity contribution is 6.08. The summed E-state index contributed by atoms with van der Waals surface area (Å²) in [4.78, 5) is 13.6. The number of carboxylic acids is 1. The number of nitrogens with zero attached hydrogens (tertiary/aromatic N) is 1. The van der Waals surface area contributed by atoms with E-state index < -0.39 is 5.97 Å². The maximum Gasteiger partial charge on any atom is 0.338 e. The van der Waals surface area contributed by atoms with E-state index in [1.165, 1.54) is 13.3 Å². The lowest BCUT2D eigenvalue weighted by atomic mass is 10.3. The summed E-state index contributed by atoms with van der Waals surface area (Å²) < 4.78 is 0. The molecule has 9 heavy (non-hydrogen) atoms. The van der Waals surface area contributed by atoms with Gasteiger partial charge in [0, 0.05) is 19.5 Å². The van der Waals surface area contributed by atoms with Gasteiger partial charge in [-0.3, -0.25) is 4.99 Å². The van der Waals surface area contributed by atoms with E-state index in [1.807, 2.05) is 0 Å². The highest BCUT2D eigenvalue weighted by Gasteiger charge is 1.99. The first-order valence-electron chi connectivity index (χ1n) is 2.29. The van der Waals surface area contributed by atoms with Gasteiger partial charge in [0.25, 0.3) is 0 Å². The first-order valence-corrected chi connectivity index (χ1v) is 2.29. The zero-order valence-electron chi connectivity index (χ0n) is 5.03. The average molecular weight is 128 g/mol. The van der Waals surface area contributed by atoms with Gasteiger partial charge in [-0.25, -0.2) is 4.79 Å². The quantitative estimate of drug-likeness (QED) is 0.393. The van der Waals surface area contributed by atoms with Crippen molar-refractivity contribution in [1.29, 1.82) is 0 Å². The van der Waals surface area contributed by atoms with Gasteiger partial charge in [-0.1, -0.05) is 0 Å². The molecule has 3 N–H and O–H groups in total. The van der Waals surface area contributed by atoms with Gasteiger partial charge in [0.15, 0.2) is 0 Å². The Bertz CT molecular complexity index is 160. The van der Waals surface area contributed by atoms with E-state index in [4.69, 9.17) is 10.8 Å². The molecule has 0 saturated heterocycles. The first kappa shape index (κ1) is 7.68. The van der Waals surface area contributed by atoms with E-state index in [9.17, 15) is 4.79 Å². The lowest BCUT2D eigenvalue weighted by Gasteiger charge is -1.87. The molecule has 0 aromatic heterocycles. The third kappa shape index (κ3) is 2.48. The van der Waals surface area contributed by atoms with Crippen LogP contribution < -0.4 is 5.73 Å². The van der Waals surface area contributed by atoms with Gasteiger partial charge < -0.3 is 10.8 Å². The summed E-state index contributed by atoms with van der Waals surface area (Å²) >= 11 is 0. The van der Waals surface area contributed by atoms with Gasteiger partial charge in [0.2, 0.25) is 0 Å². The van der Waals surface area contributed by atoms with Crippen molar-refractivity contribution in [3.05, 3.63) is 11.8 Å². The summed E-state index contributed by atoms with van der Waals surface area (Å²) in [7, 11) is 1.48. The highest BCUT2D eigenvalue weighted by Crippen LogP contribution is 1.84. The molecule has 0 aliphatic heterocycles. The van der Waals surface area contributed by atoms with Crippen molar-refractivity contribution in [2.75, 3.05) is 7.05 Å². The molecule has 0 saturated carbocycles. The van der Waals surface area contributed by atoms with Gasteiger partial charge in [-0.2, -0.15) is 0 Å². The first-order chi connectivity index (χ1) is 4.22. The molecule has 0 unspecified atom stereocenters. The van der Waals surface area contributed by atoms with Crippen LogP contribution in [-0.2, 0) is 4.79 Å². The van der Waals surface area contributed by atoms with Gasteiger partial charge >= 0.3 is 5.97 Å². The Kier molecular flexibility index (Phi) is 3.12. The van der Waals surface area contributed by atoms with Crippen molar-refractivity contribution < 1.29 is 9.90 Å². The molecule has 0 rings (SSSR count). The van der Waals surface area contributed by atoms with Crippen molar-refractivity contribution in [1.82, 2.24) is 0 Å². The third-order valence-electron chi connectivity index (χ3n) is 0.695. The van der Waals surface area contributed by atoms with Crippen molar-refractivity contribution in [3.63, 3.8) is 0 Å². The lowest BCUT2D eigenvalue weighted by Crippen LogP contribution is -2.03. The monoisotopic (exact) mass is 128 g/mol. The average Bonchev–Trinajstić information content (AvgIpc) is 1.82. The second kappa shape index (κ2) is 3.65. The molecular weight excluding hydrogens is 120 g/mol. The van der Waals surface area contributed by atoms with E-state index in [0.717, 1.165) is 6.20 Å². The number of aliphatic imine (C=N–C) groups is 1. The van der Waals surface area contributed by atoms with Crippen LogP contribution in [-0.4, -0.2) is 24.3 Å². The number of hydrogen-bond donors (Lipinski definition) is 2. The number of aliphatic carboxylic acids is 1. The third-order valence-corrected chi connectivity index (χ3v) is 0.695. The molecular formula is C5H8N2O2. The molecule has 0 atom stereocenters. The molecule has 0 amide bonds. The van der Waals surface area contributed by atoms with Gasteiger partial charge in [0.05, 0.1) is 5.57 Å². The topological polar surface area (TPSA) is 75.7 Å². The zero-order valence-corrected chi connectivity index (χ0v) is 5.03. The normalized spacial score (nSPS) is 12.3. The van der Waals surface area contributed by atoms with Gasteiger partial charge in [-0.05, 0) is 0 Å². The van der Waals surface area contributed by atoms with Crippen LogP contribution in [0.25, 0.3) is 0 Å². The molecule has 0 radical (unpaired) electrons. The van der Waals surface area contributed by atoms with Crippen LogP contribution >= 0.6 is 0 Å². The standard InChI is InChI=1S/C5H8N2O2/c1-7-3-4(2-6)5(8)9/h2-3H,6H2,1H3,(H,8,9)/b4-2+,7-3?. The van der Waals surface area contributed by atoms with E-state index in [2.05, 4.69) is 4.99 Å². The Hall–Kier alpha value is -1.32. The van der Waals surface area contributed by atoms with E-state index >= 15 is 0 Å². The van der Waals surface area contributed by atoms with Gasteiger partial charge in [0.1, 0.15) is 0 Å². The highest BCUT2D eigenvalue weighted by atomic mass is 16.4. The summed E-state index contributed by atoms with van der Waals surface area (Å²) in [6.45, 7) is 0. The molecule has 0 aromatic carbocycles. The Morgan fingerprint density at radius 2 is 2.33 bits per heavy atom. The largest absolute Gasteiger partial charge is 0.478 e. The summed E-state index contributed by atoms with van der Waals surface area (Å²) in [6, 6.07) is 0. The van der Waals surface area contributed by atoms with Crippen LogP contribution in [0.4, 0.5) is 0 Å². The maximum absolute atomic E-state index is 10.1. The van der Waals surface area contributed by atoms with E-state index in [-0.39, 0.29) is 5.57 Å². The molecule has 0 aliphatic rings. The molecule has 0 aromatic rings. The molecule has 0 fully saturated rings. The van der Waals surface area contributed by atoms with Crippen molar-refractivity contribution in [2.24, 2.45) is 10.7 Å². The lowest BCUT2D eigenvalue weighted by molar-refractivity contribution is -0.132. The summed E-state index contributed by atoms with van der Waals surface area (Å²) in [6.07, 6.45) is 2.18. The van der Waals surface area contributed by atoms with E-state index in [0.29, 0.717) is 0 Å².